The van der Waals surface area contributed by atoms with Gasteiger partial charge in [-0.1, -0.05) is 78.9 Å². The maximum atomic E-state index is 12.6. The smallest absolute Gasteiger partial charge is 0.224 e. The highest BCUT2D eigenvalue weighted by atomic mass is 16.5. The lowest BCUT2D eigenvalue weighted by Crippen LogP contribution is -2.28. The van der Waals surface area contributed by atoms with Crippen LogP contribution in [0.3, 0.4) is 0 Å². The van der Waals surface area contributed by atoms with Gasteiger partial charge in [0.25, 0.3) is 0 Å². The van der Waals surface area contributed by atoms with Gasteiger partial charge in [0.1, 0.15) is 5.82 Å². The van der Waals surface area contributed by atoms with Gasteiger partial charge >= 0.3 is 0 Å². The van der Waals surface area contributed by atoms with Crippen LogP contribution in [-0.2, 0) is 24.2 Å². The molecular formula is C33H33N3O3. The summed E-state index contributed by atoms with van der Waals surface area (Å²) < 4.78 is 13.6. The Morgan fingerprint density at radius 2 is 1.51 bits per heavy atom. The molecule has 198 valence electrons. The fourth-order valence-electron chi connectivity index (χ4n) is 4.72. The second-order valence-electron chi connectivity index (χ2n) is 9.36. The molecule has 39 heavy (non-hydrogen) atoms. The van der Waals surface area contributed by atoms with Crippen LogP contribution in [0, 0.1) is 0 Å². The number of methoxy groups -OCH3 is 1. The SMILES string of the molecule is COc1ccccc1OCCCn1c(CCNC(=O)Cc2ccc(-c3ccccc3)cc2)nc2ccccc21. The fourth-order valence-corrected chi connectivity index (χ4v) is 4.72. The molecule has 4 aromatic carbocycles. The number of imidazole rings is 1. The normalized spacial score (nSPS) is 10.9. The number of carbonyl (C=O) groups excluding carboxylic acids is 1. The summed E-state index contributed by atoms with van der Waals surface area (Å²) >= 11 is 0. The lowest BCUT2D eigenvalue weighted by molar-refractivity contribution is -0.120. The topological polar surface area (TPSA) is 65.4 Å². The molecule has 1 aromatic heterocycles. The van der Waals surface area contributed by atoms with Crippen molar-refractivity contribution in [1.29, 1.82) is 0 Å². The second-order valence-corrected chi connectivity index (χ2v) is 9.36. The number of nitrogens with zero attached hydrogens (tertiary/aromatic N) is 2. The van der Waals surface area contributed by atoms with E-state index in [1.165, 1.54) is 5.56 Å². The van der Waals surface area contributed by atoms with E-state index in [1.807, 2.05) is 72.8 Å². The van der Waals surface area contributed by atoms with E-state index in [2.05, 4.69) is 40.2 Å². The molecule has 5 aromatic rings. The number of carbonyl (C=O) groups is 1. The minimum Gasteiger partial charge on any atom is -0.493 e. The lowest BCUT2D eigenvalue weighted by atomic mass is 10.0. The van der Waals surface area contributed by atoms with Crippen LogP contribution in [-0.4, -0.2) is 35.7 Å². The molecule has 0 radical (unpaired) electrons. The van der Waals surface area contributed by atoms with E-state index in [0.717, 1.165) is 52.4 Å². The first kappa shape index (κ1) is 26.0. The van der Waals surface area contributed by atoms with Crippen LogP contribution in [0.4, 0.5) is 0 Å². The van der Waals surface area contributed by atoms with Gasteiger partial charge in [-0.25, -0.2) is 4.98 Å². The molecule has 1 heterocycles. The fraction of sp³-hybridized carbons (Fsp3) is 0.212. The third-order valence-electron chi connectivity index (χ3n) is 6.68. The molecular weight excluding hydrogens is 486 g/mol. The summed E-state index contributed by atoms with van der Waals surface area (Å²) in [6.45, 7) is 1.86. The van der Waals surface area contributed by atoms with E-state index in [9.17, 15) is 4.79 Å². The van der Waals surface area contributed by atoms with Crippen molar-refractivity contribution in [1.82, 2.24) is 14.9 Å². The van der Waals surface area contributed by atoms with Gasteiger partial charge in [0.2, 0.25) is 5.91 Å². The zero-order valence-corrected chi connectivity index (χ0v) is 22.2. The average Bonchev–Trinajstić information content (AvgIpc) is 3.33. The molecule has 1 N–H and O–H groups in total. The number of hydrogen-bond acceptors (Lipinski definition) is 4. The Kier molecular flexibility index (Phi) is 8.54. The quantitative estimate of drug-likeness (QED) is 0.203. The monoisotopic (exact) mass is 519 g/mol. The van der Waals surface area contributed by atoms with Crippen LogP contribution < -0.4 is 14.8 Å². The molecule has 0 spiro atoms. The van der Waals surface area contributed by atoms with Gasteiger partial charge in [0.15, 0.2) is 11.5 Å². The molecule has 0 fully saturated rings. The van der Waals surface area contributed by atoms with Crippen molar-refractivity contribution in [2.24, 2.45) is 0 Å². The van der Waals surface area contributed by atoms with E-state index in [0.29, 0.717) is 26.0 Å². The lowest BCUT2D eigenvalue weighted by Gasteiger charge is -2.12. The van der Waals surface area contributed by atoms with E-state index in [-0.39, 0.29) is 5.91 Å². The van der Waals surface area contributed by atoms with E-state index >= 15 is 0 Å². The highest BCUT2D eigenvalue weighted by Gasteiger charge is 2.12. The van der Waals surface area contributed by atoms with Gasteiger partial charge in [-0.2, -0.15) is 0 Å². The molecule has 0 unspecified atom stereocenters. The van der Waals surface area contributed by atoms with Gasteiger partial charge in [0, 0.05) is 19.5 Å². The number of para-hydroxylation sites is 4. The second kappa shape index (κ2) is 12.8. The van der Waals surface area contributed by atoms with Crippen molar-refractivity contribution >= 4 is 16.9 Å². The van der Waals surface area contributed by atoms with Crippen LogP contribution in [0.5, 0.6) is 11.5 Å². The largest absolute Gasteiger partial charge is 0.493 e. The molecule has 1 amide bonds. The van der Waals surface area contributed by atoms with Crippen LogP contribution in [0.1, 0.15) is 17.8 Å². The van der Waals surface area contributed by atoms with Crippen molar-refractivity contribution in [3.8, 4) is 22.6 Å². The number of amides is 1. The summed E-state index contributed by atoms with van der Waals surface area (Å²) in [4.78, 5) is 17.5. The molecule has 6 heteroatoms. The highest BCUT2D eigenvalue weighted by molar-refractivity contribution is 5.79. The zero-order valence-electron chi connectivity index (χ0n) is 22.2. The maximum Gasteiger partial charge on any atom is 0.224 e. The Hall–Kier alpha value is -4.58. The van der Waals surface area contributed by atoms with E-state index in [4.69, 9.17) is 14.5 Å². The summed E-state index contributed by atoms with van der Waals surface area (Å²) in [5.41, 5.74) is 5.36. The standard InChI is InChI=1S/C33H33N3O3/c1-38-30-14-7-8-15-31(30)39-23-9-22-36-29-13-6-5-12-28(29)35-32(36)20-21-34-33(37)24-25-16-18-27(19-17-25)26-10-3-2-4-11-26/h2-8,10-19H,9,20-24H2,1H3,(H,34,37). The molecule has 0 atom stereocenters. The number of nitrogens with one attached hydrogen (secondary N) is 1. The van der Waals surface area contributed by atoms with Gasteiger partial charge in [0.05, 0.1) is 31.2 Å². The van der Waals surface area contributed by atoms with Crippen LogP contribution in [0.25, 0.3) is 22.2 Å². The molecule has 0 bridgehead atoms. The number of fused-ring (bicyclic) bond motifs is 1. The van der Waals surface area contributed by atoms with Crippen molar-refractivity contribution in [2.45, 2.75) is 25.8 Å². The van der Waals surface area contributed by atoms with Crippen molar-refractivity contribution in [3.05, 3.63) is 115 Å². The van der Waals surface area contributed by atoms with Crippen molar-refractivity contribution in [3.63, 3.8) is 0 Å². The first-order valence-corrected chi connectivity index (χ1v) is 13.3. The van der Waals surface area contributed by atoms with Crippen molar-refractivity contribution in [2.75, 3.05) is 20.3 Å². The molecule has 0 saturated heterocycles. The molecule has 0 aliphatic rings. The first-order chi connectivity index (χ1) is 19.2. The van der Waals surface area contributed by atoms with Crippen molar-refractivity contribution < 1.29 is 14.3 Å². The van der Waals surface area contributed by atoms with Gasteiger partial charge < -0.3 is 19.4 Å². The predicted octanol–water partition coefficient (Wildman–Crippen LogP) is 6.08. The predicted molar refractivity (Wildman–Crippen MR) is 155 cm³/mol. The Morgan fingerprint density at radius 1 is 0.821 bits per heavy atom. The Bertz CT molecular complexity index is 1510. The van der Waals surface area contributed by atoms with Crippen LogP contribution in [0.2, 0.25) is 0 Å². The molecule has 0 saturated carbocycles. The van der Waals surface area contributed by atoms with Gasteiger partial charge in [-0.3, -0.25) is 4.79 Å². The highest BCUT2D eigenvalue weighted by Crippen LogP contribution is 2.26. The molecule has 0 aliphatic carbocycles. The summed E-state index contributed by atoms with van der Waals surface area (Å²) in [5.74, 6) is 2.44. The van der Waals surface area contributed by atoms with Crippen LogP contribution in [0.15, 0.2) is 103 Å². The summed E-state index contributed by atoms with van der Waals surface area (Å²) in [6, 6.07) is 34.2. The van der Waals surface area contributed by atoms with E-state index < -0.39 is 0 Å². The van der Waals surface area contributed by atoms with Crippen LogP contribution >= 0.6 is 0 Å². The third kappa shape index (κ3) is 6.65. The van der Waals surface area contributed by atoms with Gasteiger partial charge in [-0.05, 0) is 47.4 Å². The minimum atomic E-state index is 0.00957. The Labute approximate surface area is 229 Å². The number of hydrogen-bond donors (Lipinski definition) is 1. The Balaban J connectivity index is 1.15. The zero-order chi connectivity index (χ0) is 26.9. The number of ether oxygens (including phenoxy) is 2. The average molecular weight is 520 g/mol. The molecule has 5 rings (SSSR count). The summed E-state index contributed by atoms with van der Waals surface area (Å²) in [5, 5.41) is 3.07. The first-order valence-electron chi connectivity index (χ1n) is 13.3. The van der Waals surface area contributed by atoms with Gasteiger partial charge in [-0.15, -0.1) is 0 Å². The minimum absolute atomic E-state index is 0.00957. The number of aromatic nitrogens is 2. The molecule has 0 aliphatic heterocycles. The number of rotatable bonds is 12. The third-order valence-corrected chi connectivity index (χ3v) is 6.68. The number of aryl methyl sites for hydroxylation is 1. The number of benzene rings is 4. The Morgan fingerprint density at radius 3 is 2.31 bits per heavy atom. The molecule has 6 nitrogen and oxygen atoms in total. The summed E-state index contributed by atoms with van der Waals surface area (Å²) in [7, 11) is 1.65. The summed E-state index contributed by atoms with van der Waals surface area (Å²) in [6.07, 6.45) is 1.82. The maximum absolute atomic E-state index is 12.6. The van der Waals surface area contributed by atoms with E-state index in [1.54, 1.807) is 7.11 Å².